The molecule has 2 unspecified atom stereocenters. The minimum Gasteiger partial charge on any atom is -0.489 e. The molecule has 4 aromatic carbocycles. The van der Waals surface area contributed by atoms with Gasteiger partial charge in [-0.05, 0) is 196 Å². The van der Waals surface area contributed by atoms with Crippen LogP contribution in [0.5, 0.6) is 23.0 Å². The second kappa shape index (κ2) is 43.8. The topological polar surface area (TPSA) is 447 Å². The first-order valence-corrected chi connectivity index (χ1v) is 44.6. The van der Waals surface area contributed by atoms with Gasteiger partial charge in [0.05, 0.1) is 61.6 Å². The van der Waals surface area contributed by atoms with Gasteiger partial charge in [0.2, 0.25) is 11.9 Å². The minimum atomic E-state index is -1.15. The van der Waals surface area contributed by atoms with Crippen molar-refractivity contribution in [1.29, 1.82) is 0 Å². The van der Waals surface area contributed by atoms with E-state index in [1.165, 1.54) is 44.1 Å². The van der Waals surface area contributed by atoms with Crippen molar-refractivity contribution in [2.45, 2.75) is 99.9 Å². The molecule has 6 aliphatic heterocycles. The van der Waals surface area contributed by atoms with Crippen LogP contribution in [0.25, 0.3) is 0 Å². The van der Waals surface area contributed by atoms with E-state index in [2.05, 4.69) is 109 Å². The number of benzene rings is 4. The van der Waals surface area contributed by atoms with Crippen molar-refractivity contribution in [3.05, 3.63) is 310 Å². The van der Waals surface area contributed by atoms with E-state index in [1.54, 1.807) is 214 Å². The van der Waals surface area contributed by atoms with E-state index in [0.717, 1.165) is 43.0 Å². The Balaban J connectivity index is 0.000000143. The van der Waals surface area contributed by atoms with Crippen LogP contribution in [0.1, 0.15) is 116 Å². The van der Waals surface area contributed by atoms with Gasteiger partial charge in [-0.2, -0.15) is 28.3 Å². The molecule has 8 N–H and O–H groups in total. The molecule has 14 heterocycles. The van der Waals surface area contributed by atoms with E-state index in [9.17, 15) is 67.6 Å². The average Bonchev–Trinajstić information content (AvgIpc) is 1.60. The molecule has 724 valence electrons. The summed E-state index contributed by atoms with van der Waals surface area (Å²) in [6.07, 6.45) is 14.5. The van der Waals surface area contributed by atoms with Crippen LogP contribution in [0.4, 0.5) is 41.1 Å². The number of fused-ring (bicyclic) bond motifs is 4. The van der Waals surface area contributed by atoms with Gasteiger partial charge < -0.3 is 89.7 Å². The molecule has 18 rings (SSSR count). The lowest BCUT2D eigenvalue weighted by atomic mass is 10.0. The number of aliphatic hydroxyl groups is 4. The van der Waals surface area contributed by atoms with Crippen LogP contribution < -0.4 is 59.8 Å². The molecule has 2 fully saturated rings. The fourth-order valence-corrected chi connectivity index (χ4v) is 14.7. The fourth-order valence-electron chi connectivity index (χ4n) is 14.7. The third kappa shape index (κ3) is 26.1. The lowest BCUT2D eigenvalue weighted by Crippen LogP contribution is -2.50. The molecule has 8 amide bonds. The molecule has 142 heavy (non-hydrogen) atoms. The molecular weight excluding hydrogens is 1830 g/mol. The second-order valence-electron chi connectivity index (χ2n) is 34.7. The summed E-state index contributed by atoms with van der Waals surface area (Å²) in [5.41, 5.74) is 5.98. The summed E-state index contributed by atoms with van der Waals surface area (Å²) in [5, 5.41) is 58.9. The van der Waals surface area contributed by atoms with Crippen LogP contribution in [0.2, 0.25) is 0 Å². The van der Waals surface area contributed by atoms with E-state index >= 15 is 0 Å². The van der Waals surface area contributed by atoms with Gasteiger partial charge in [-0.1, -0.05) is 71.6 Å². The first-order chi connectivity index (χ1) is 68.0. The Kier molecular flexibility index (Phi) is 30.7. The van der Waals surface area contributed by atoms with Crippen LogP contribution in [0.3, 0.4) is 0 Å². The molecule has 0 aliphatic carbocycles. The molecule has 38 heteroatoms. The van der Waals surface area contributed by atoms with Crippen LogP contribution in [-0.4, -0.2) is 245 Å². The Hall–Kier alpha value is -17.0. The van der Waals surface area contributed by atoms with Crippen LogP contribution in [0, 0.1) is 59.3 Å². The molecule has 2 saturated heterocycles. The van der Waals surface area contributed by atoms with E-state index < -0.39 is 82.3 Å². The number of hydrogen-bond donors (Lipinski definition) is 8. The molecule has 12 aromatic rings. The van der Waals surface area contributed by atoms with Crippen LogP contribution in [-0.2, 0) is 54.3 Å². The Morgan fingerprint density at radius 3 is 1.04 bits per heavy atom. The SMILES string of the molecule is CN1C(=O)C(NC(=O)c2cc(Cc3cccc(F)n3)ccn2)COc2ccc(C#CC3(O)COC3)cc21.CN1C(=O)C(NC(=O)n2cc(Cc3ccccn3)cn2)COc2ccc(C#CC(C)(C)O)cc21.CN1C(=O)[C@H](NC(=O)c2cc(Cc3cccc(F)n3)ccn2)COc2ccc(C#CC3(O)COC3)cc21.CN1C(=O)[C@H](NC(=O)n2cc(Cc3ccccn3)cn2)COc2ccc(C#CC(C)(C)O)cc21. The van der Waals surface area contributed by atoms with E-state index in [4.69, 9.17) is 28.4 Å². The zero-order valence-electron chi connectivity index (χ0n) is 78.1. The predicted molar refractivity (Wildman–Crippen MR) is 512 cm³/mol. The van der Waals surface area contributed by atoms with Gasteiger partial charge >= 0.3 is 12.1 Å². The standard InChI is InChI=1S/2C27H23FN4O5.2C25H25N5O4/c2*1-32-22-13-17(7-9-27(35)15-36-16-27)5-6-23(22)37-14-21(26(32)34)31-25(33)20-12-18(8-10-29-20)11-19-3-2-4-24(28)30-19;2*1-25(2,33)10-9-17-7-8-22-21(13-17)29(3)23(31)20(16-34-22)28-24(32)30-15-18(14-27-30)12-19-6-4-5-11-26-19/h2*2-6,8,10,12-13,21,35H,11,14-16H2,1H3,(H,31,33);2*4-8,11,13-15,20,33H,12,16H2,1-3H3,(H,28,32)/t21-;;20-;/m1.1./s1. The fraction of sp³-hybridized carbons (Fsp3) is 0.269. The molecule has 4 atom stereocenters. The van der Waals surface area contributed by atoms with Crippen molar-refractivity contribution in [2.75, 3.05) is 101 Å². The summed E-state index contributed by atoms with van der Waals surface area (Å²) in [5.74, 6) is 20.9. The van der Waals surface area contributed by atoms with E-state index in [0.29, 0.717) is 105 Å². The van der Waals surface area contributed by atoms with Gasteiger partial charge in [-0.3, -0.25) is 48.7 Å². The zero-order chi connectivity index (χ0) is 101. The van der Waals surface area contributed by atoms with Gasteiger partial charge in [-0.15, -0.1) is 0 Å². The number of carbonyl (C=O) groups excluding carboxylic acids is 8. The molecule has 0 bridgehead atoms. The molecule has 0 saturated carbocycles. The van der Waals surface area contributed by atoms with Gasteiger partial charge in [0.1, 0.15) is 96.2 Å². The third-order valence-corrected chi connectivity index (χ3v) is 22.2. The number of aromatic nitrogens is 10. The van der Waals surface area contributed by atoms with Crippen LogP contribution in [0.15, 0.2) is 219 Å². The lowest BCUT2D eigenvalue weighted by Gasteiger charge is -2.30. The summed E-state index contributed by atoms with van der Waals surface area (Å²) < 4.78 is 62.4. The van der Waals surface area contributed by atoms with E-state index in [1.807, 2.05) is 36.4 Å². The summed E-state index contributed by atoms with van der Waals surface area (Å²) in [6.45, 7) is 6.81. The van der Waals surface area contributed by atoms with Gasteiger partial charge in [0, 0.05) is 136 Å². The number of nitrogens with zero attached hydrogens (tertiary/aromatic N) is 14. The lowest BCUT2D eigenvalue weighted by molar-refractivity contribution is -0.140. The first-order valence-electron chi connectivity index (χ1n) is 44.6. The van der Waals surface area contributed by atoms with Gasteiger partial charge in [-0.25, -0.2) is 19.6 Å². The Labute approximate surface area is 813 Å². The number of rotatable bonds is 14. The highest BCUT2D eigenvalue weighted by Gasteiger charge is 2.39. The molecule has 8 aromatic heterocycles. The van der Waals surface area contributed by atoms with Gasteiger partial charge in [0.25, 0.3) is 35.4 Å². The Morgan fingerprint density at radius 1 is 0.401 bits per heavy atom. The smallest absolute Gasteiger partial charge is 0.342 e. The predicted octanol–water partition coefficient (Wildman–Crippen LogP) is 6.89. The number of anilines is 4. The molecular formula is C104H96F2N18O18. The monoisotopic (exact) mass is 1920 g/mol. The highest BCUT2D eigenvalue weighted by molar-refractivity contribution is 6.05. The number of nitrogens with one attached hydrogen (secondary N) is 4. The number of amides is 8. The molecule has 0 spiro atoms. The first kappa shape index (κ1) is 99.5. The highest BCUT2D eigenvalue weighted by atomic mass is 19.1. The molecule has 6 aliphatic rings. The maximum Gasteiger partial charge on any atom is 0.342 e. The van der Waals surface area contributed by atoms with Crippen molar-refractivity contribution < 1.29 is 96.0 Å². The summed E-state index contributed by atoms with van der Waals surface area (Å²) >= 11 is 0. The van der Waals surface area contributed by atoms with Crippen molar-refractivity contribution in [3.8, 4) is 70.4 Å². The van der Waals surface area contributed by atoms with Crippen molar-refractivity contribution in [2.24, 2.45) is 0 Å². The maximum atomic E-state index is 13.4. The second-order valence-corrected chi connectivity index (χ2v) is 34.7. The average molecular weight is 1920 g/mol. The third-order valence-electron chi connectivity index (χ3n) is 22.2. The number of halogens is 2. The van der Waals surface area contributed by atoms with Crippen molar-refractivity contribution in [1.82, 2.24) is 70.7 Å². The number of ether oxygens (including phenoxy) is 6. The highest BCUT2D eigenvalue weighted by Crippen LogP contribution is 2.37. The number of likely N-dealkylation sites (N-methyl/N-ethyl adjacent to an activating group) is 4. The Bertz CT molecular complexity index is 6640. The largest absolute Gasteiger partial charge is 0.489 e. The summed E-state index contributed by atoms with van der Waals surface area (Å²) in [7, 11) is 6.40. The number of carbonyl (C=O) groups is 8. The normalized spacial score (nSPS) is 16.7. The number of pyridine rings is 6. The molecule has 36 nitrogen and oxygen atoms in total. The van der Waals surface area contributed by atoms with Gasteiger partial charge in [0.15, 0.2) is 11.2 Å². The maximum absolute atomic E-state index is 13.4. The zero-order valence-corrected chi connectivity index (χ0v) is 78.1. The minimum absolute atomic E-state index is 0.0291. The number of hydrogen-bond acceptors (Lipinski definition) is 26. The Morgan fingerprint density at radius 2 is 0.725 bits per heavy atom. The van der Waals surface area contributed by atoms with E-state index in [-0.39, 0.29) is 87.9 Å². The summed E-state index contributed by atoms with van der Waals surface area (Å²) in [4.78, 5) is 134. The molecule has 0 radical (unpaired) electrons. The van der Waals surface area contributed by atoms with Crippen molar-refractivity contribution in [3.63, 3.8) is 0 Å². The van der Waals surface area contributed by atoms with Crippen molar-refractivity contribution >= 4 is 70.3 Å². The quantitative estimate of drug-likeness (QED) is 0.0405. The summed E-state index contributed by atoms with van der Waals surface area (Å²) in [6, 6.07) is 42.7. The van der Waals surface area contributed by atoms with Crippen LogP contribution >= 0.6 is 0 Å².